The SMILES string of the molecule is CNC(=O)c1ccc(CNCc2cc(Cl)c3c(c2)OCCCO3)cc1. The smallest absolute Gasteiger partial charge is 0.251 e. The minimum absolute atomic E-state index is 0.0821. The maximum atomic E-state index is 11.5. The van der Waals surface area contributed by atoms with Gasteiger partial charge in [0.25, 0.3) is 5.91 Å². The van der Waals surface area contributed by atoms with E-state index >= 15 is 0 Å². The van der Waals surface area contributed by atoms with Crippen LogP contribution in [0.2, 0.25) is 5.02 Å². The molecule has 0 aromatic heterocycles. The molecule has 2 aromatic carbocycles. The normalized spacial score (nSPS) is 13.2. The third-order valence-electron chi connectivity index (χ3n) is 3.96. The summed E-state index contributed by atoms with van der Waals surface area (Å²) >= 11 is 6.31. The van der Waals surface area contributed by atoms with Gasteiger partial charge in [0.2, 0.25) is 0 Å². The van der Waals surface area contributed by atoms with Gasteiger partial charge in [-0.05, 0) is 35.4 Å². The Hall–Kier alpha value is -2.24. The van der Waals surface area contributed by atoms with E-state index in [4.69, 9.17) is 21.1 Å². The molecule has 132 valence electrons. The lowest BCUT2D eigenvalue weighted by Crippen LogP contribution is -2.18. The average Bonchev–Trinajstić information content (AvgIpc) is 2.87. The molecule has 0 spiro atoms. The highest BCUT2D eigenvalue weighted by atomic mass is 35.5. The van der Waals surface area contributed by atoms with Crippen LogP contribution in [0.5, 0.6) is 11.5 Å². The molecule has 6 heteroatoms. The second kappa shape index (κ2) is 8.23. The van der Waals surface area contributed by atoms with E-state index < -0.39 is 0 Å². The zero-order valence-electron chi connectivity index (χ0n) is 14.1. The van der Waals surface area contributed by atoms with Gasteiger partial charge in [-0.1, -0.05) is 23.7 Å². The van der Waals surface area contributed by atoms with Crippen LogP contribution < -0.4 is 20.1 Å². The maximum absolute atomic E-state index is 11.5. The molecule has 25 heavy (non-hydrogen) atoms. The third-order valence-corrected chi connectivity index (χ3v) is 4.24. The minimum atomic E-state index is -0.0821. The van der Waals surface area contributed by atoms with Gasteiger partial charge in [0.1, 0.15) is 0 Å². The molecule has 0 radical (unpaired) electrons. The van der Waals surface area contributed by atoms with Crippen molar-refractivity contribution in [3.8, 4) is 11.5 Å². The summed E-state index contributed by atoms with van der Waals surface area (Å²) in [4.78, 5) is 11.5. The van der Waals surface area contributed by atoms with Crippen molar-refractivity contribution in [2.24, 2.45) is 0 Å². The molecular weight excluding hydrogens is 340 g/mol. The molecule has 0 bridgehead atoms. The van der Waals surface area contributed by atoms with E-state index in [-0.39, 0.29) is 5.91 Å². The molecule has 2 aromatic rings. The number of nitrogens with one attached hydrogen (secondary N) is 2. The molecule has 1 amide bonds. The first-order valence-electron chi connectivity index (χ1n) is 8.27. The lowest BCUT2D eigenvalue weighted by Gasteiger charge is -2.12. The van der Waals surface area contributed by atoms with Gasteiger partial charge in [-0.25, -0.2) is 0 Å². The van der Waals surface area contributed by atoms with Gasteiger partial charge < -0.3 is 20.1 Å². The molecule has 0 fully saturated rings. The number of carbonyl (C=O) groups is 1. The van der Waals surface area contributed by atoms with E-state index in [2.05, 4.69) is 10.6 Å². The third kappa shape index (κ3) is 4.44. The van der Waals surface area contributed by atoms with Crippen molar-refractivity contribution in [3.63, 3.8) is 0 Å². The van der Waals surface area contributed by atoms with Crippen molar-refractivity contribution in [2.45, 2.75) is 19.5 Å². The molecule has 1 aliphatic heterocycles. The van der Waals surface area contributed by atoms with Crippen LogP contribution in [0.15, 0.2) is 36.4 Å². The fourth-order valence-corrected chi connectivity index (χ4v) is 2.94. The zero-order valence-corrected chi connectivity index (χ0v) is 14.9. The molecule has 0 atom stereocenters. The Kier molecular flexibility index (Phi) is 5.79. The lowest BCUT2D eigenvalue weighted by molar-refractivity contribution is 0.0963. The van der Waals surface area contributed by atoms with Gasteiger partial charge >= 0.3 is 0 Å². The van der Waals surface area contributed by atoms with Gasteiger partial charge in [-0.2, -0.15) is 0 Å². The fourth-order valence-electron chi connectivity index (χ4n) is 2.66. The standard InChI is InChI=1S/C19H21ClN2O3/c1-21-19(23)15-5-3-13(4-6-15)11-22-12-14-9-16(20)18-17(10-14)24-7-2-8-25-18/h3-6,9-10,22H,2,7-8,11-12H2,1H3,(H,21,23). The Morgan fingerprint density at radius 1 is 1.08 bits per heavy atom. The monoisotopic (exact) mass is 360 g/mol. The Morgan fingerprint density at radius 3 is 2.56 bits per heavy atom. The second-order valence-electron chi connectivity index (χ2n) is 5.83. The zero-order chi connectivity index (χ0) is 17.6. The number of hydrogen-bond donors (Lipinski definition) is 2. The first-order chi connectivity index (χ1) is 12.2. The van der Waals surface area contributed by atoms with Crippen LogP contribution in [0.25, 0.3) is 0 Å². The Labute approximate surface area is 152 Å². The van der Waals surface area contributed by atoms with Crippen molar-refractivity contribution in [3.05, 3.63) is 58.1 Å². The maximum Gasteiger partial charge on any atom is 0.251 e. The highest BCUT2D eigenvalue weighted by Crippen LogP contribution is 2.37. The van der Waals surface area contributed by atoms with E-state index in [1.807, 2.05) is 36.4 Å². The first kappa shape index (κ1) is 17.6. The molecule has 3 rings (SSSR count). The Bertz CT molecular complexity index is 747. The average molecular weight is 361 g/mol. The van der Waals surface area contributed by atoms with Crippen molar-refractivity contribution in [2.75, 3.05) is 20.3 Å². The fraction of sp³-hybridized carbons (Fsp3) is 0.316. The van der Waals surface area contributed by atoms with E-state index in [9.17, 15) is 4.79 Å². The topological polar surface area (TPSA) is 59.6 Å². The van der Waals surface area contributed by atoms with Crippen LogP contribution in [-0.2, 0) is 13.1 Å². The van der Waals surface area contributed by atoms with E-state index in [0.717, 1.165) is 17.5 Å². The molecule has 0 saturated heterocycles. The van der Waals surface area contributed by atoms with Gasteiger partial charge in [0, 0.05) is 32.1 Å². The highest BCUT2D eigenvalue weighted by molar-refractivity contribution is 6.32. The Balaban J connectivity index is 1.59. The number of ether oxygens (including phenoxy) is 2. The number of hydrogen-bond acceptors (Lipinski definition) is 4. The van der Waals surface area contributed by atoms with Crippen LogP contribution in [0, 0.1) is 0 Å². The molecule has 5 nitrogen and oxygen atoms in total. The van der Waals surface area contributed by atoms with Gasteiger partial charge in [0.05, 0.1) is 18.2 Å². The summed E-state index contributed by atoms with van der Waals surface area (Å²) in [5, 5.41) is 6.56. The quantitative estimate of drug-likeness (QED) is 0.860. The summed E-state index contributed by atoms with van der Waals surface area (Å²) in [5.41, 5.74) is 2.80. The molecule has 1 heterocycles. The van der Waals surface area contributed by atoms with Crippen molar-refractivity contribution < 1.29 is 14.3 Å². The Morgan fingerprint density at radius 2 is 1.80 bits per heavy atom. The van der Waals surface area contributed by atoms with Gasteiger partial charge in [-0.3, -0.25) is 4.79 Å². The van der Waals surface area contributed by atoms with Crippen LogP contribution in [0.3, 0.4) is 0 Å². The molecule has 0 aliphatic carbocycles. The largest absolute Gasteiger partial charge is 0.489 e. The van der Waals surface area contributed by atoms with E-state index in [1.165, 1.54) is 0 Å². The molecule has 2 N–H and O–H groups in total. The van der Waals surface area contributed by atoms with Crippen LogP contribution in [-0.4, -0.2) is 26.2 Å². The van der Waals surface area contributed by atoms with Gasteiger partial charge in [-0.15, -0.1) is 0 Å². The van der Waals surface area contributed by atoms with Crippen LogP contribution >= 0.6 is 11.6 Å². The second-order valence-corrected chi connectivity index (χ2v) is 6.24. The number of fused-ring (bicyclic) bond motifs is 1. The summed E-state index contributed by atoms with van der Waals surface area (Å²) < 4.78 is 11.3. The van der Waals surface area contributed by atoms with E-state index in [1.54, 1.807) is 7.05 Å². The minimum Gasteiger partial charge on any atom is -0.489 e. The summed E-state index contributed by atoms with van der Waals surface area (Å²) in [6, 6.07) is 11.4. The van der Waals surface area contributed by atoms with Crippen molar-refractivity contribution >= 4 is 17.5 Å². The molecular formula is C19H21ClN2O3. The summed E-state index contributed by atoms with van der Waals surface area (Å²) in [6.07, 6.45) is 0.852. The molecule has 0 saturated carbocycles. The van der Waals surface area contributed by atoms with Gasteiger partial charge in [0.15, 0.2) is 11.5 Å². The van der Waals surface area contributed by atoms with Crippen LogP contribution in [0.1, 0.15) is 27.9 Å². The molecule has 0 unspecified atom stereocenters. The van der Waals surface area contributed by atoms with Crippen LogP contribution in [0.4, 0.5) is 0 Å². The number of halogens is 1. The number of amides is 1. The predicted octanol–water partition coefficient (Wildman–Crippen LogP) is 3.15. The van der Waals surface area contributed by atoms with Crippen molar-refractivity contribution in [1.29, 1.82) is 0 Å². The number of rotatable bonds is 5. The highest BCUT2D eigenvalue weighted by Gasteiger charge is 2.15. The summed E-state index contributed by atoms with van der Waals surface area (Å²) in [5.74, 6) is 1.26. The van der Waals surface area contributed by atoms with E-state index in [0.29, 0.717) is 48.4 Å². The summed E-state index contributed by atoms with van der Waals surface area (Å²) in [7, 11) is 1.62. The number of benzene rings is 2. The lowest BCUT2D eigenvalue weighted by atomic mass is 10.1. The first-order valence-corrected chi connectivity index (χ1v) is 8.65. The summed E-state index contributed by atoms with van der Waals surface area (Å²) in [6.45, 7) is 2.61. The number of carbonyl (C=O) groups excluding carboxylic acids is 1. The predicted molar refractivity (Wildman–Crippen MR) is 97.4 cm³/mol. The molecule has 1 aliphatic rings. The van der Waals surface area contributed by atoms with Crippen molar-refractivity contribution in [1.82, 2.24) is 10.6 Å².